The summed E-state index contributed by atoms with van der Waals surface area (Å²) in [7, 11) is 1.63. The maximum absolute atomic E-state index is 13.9. The Morgan fingerprint density at radius 3 is 2.09 bits per heavy atom. The van der Waals surface area contributed by atoms with Crippen LogP contribution in [0.25, 0.3) is 6.08 Å². The number of carbonyl (C=O) groups is 1. The number of aliphatic imine (C=N–C) groups is 1. The van der Waals surface area contributed by atoms with E-state index in [9.17, 15) is 4.79 Å². The van der Waals surface area contributed by atoms with Crippen LogP contribution in [-0.4, -0.2) is 18.2 Å². The van der Waals surface area contributed by atoms with Gasteiger partial charge in [0.25, 0.3) is 5.91 Å². The largest absolute Gasteiger partial charge is 0.493 e. The van der Waals surface area contributed by atoms with E-state index in [-0.39, 0.29) is 5.91 Å². The van der Waals surface area contributed by atoms with E-state index in [0.29, 0.717) is 40.5 Å². The Bertz CT molecular complexity index is 1880. The van der Waals surface area contributed by atoms with Crippen LogP contribution in [0.2, 0.25) is 0 Å². The zero-order valence-corrected chi connectivity index (χ0v) is 26.8. The molecule has 0 aliphatic carbocycles. The molecule has 1 amide bonds. The number of hydrogen-bond acceptors (Lipinski definition) is 6. The average Bonchev–Trinajstić information content (AvgIpc) is 3.38. The minimum atomic E-state index is -0.134. The molecule has 1 aliphatic rings. The first kappa shape index (κ1) is 30.7. The van der Waals surface area contributed by atoms with E-state index in [2.05, 4.69) is 0 Å². The van der Waals surface area contributed by atoms with Crippen LogP contribution in [0.4, 0.5) is 11.4 Å². The normalized spacial score (nSPS) is 14.6. The lowest BCUT2D eigenvalue weighted by Crippen LogP contribution is -2.28. The van der Waals surface area contributed by atoms with E-state index in [1.165, 1.54) is 11.8 Å². The van der Waals surface area contributed by atoms with Crippen molar-refractivity contribution in [1.29, 1.82) is 0 Å². The van der Waals surface area contributed by atoms with E-state index in [4.69, 9.17) is 19.2 Å². The van der Waals surface area contributed by atoms with Gasteiger partial charge in [-0.3, -0.25) is 9.69 Å². The number of ether oxygens (including phenoxy) is 3. The lowest BCUT2D eigenvalue weighted by molar-refractivity contribution is -0.113. The van der Waals surface area contributed by atoms with Crippen molar-refractivity contribution in [3.63, 3.8) is 0 Å². The minimum Gasteiger partial charge on any atom is -0.493 e. The van der Waals surface area contributed by atoms with Crippen molar-refractivity contribution in [2.45, 2.75) is 27.1 Å². The van der Waals surface area contributed by atoms with Crippen molar-refractivity contribution < 1.29 is 19.0 Å². The highest BCUT2D eigenvalue weighted by Gasteiger charge is 2.35. The van der Waals surface area contributed by atoms with Gasteiger partial charge in [0.05, 0.1) is 23.4 Å². The summed E-state index contributed by atoms with van der Waals surface area (Å²) in [6.07, 6.45) is 1.88. The molecule has 0 atom stereocenters. The molecule has 0 bridgehead atoms. The SMILES string of the molecule is COc1cc(COc2ccccc2/C=C2/SC(=Nc3ccc(C)cc3)N(c3ccc(C)cc3)C2=O)ccc1OCc1ccccc1. The molecule has 0 radical (unpaired) electrons. The summed E-state index contributed by atoms with van der Waals surface area (Å²) < 4.78 is 17.9. The van der Waals surface area contributed by atoms with Crippen LogP contribution in [0, 0.1) is 13.8 Å². The molecule has 1 aliphatic heterocycles. The van der Waals surface area contributed by atoms with Crippen LogP contribution in [0.3, 0.4) is 0 Å². The molecule has 5 aromatic carbocycles. The molecule has 0 N–H and O–H groups in total. The van der Waals surface area contributed by atoms with Gasteiger partial charge in [-0.1, -0.05) is 90.0 Å². The Labute approximate surface area is 274 Å². The van der Waals surface area contributed by atoms with E-state index in [1.807, 2.05) is 141 Å². The molecular weight excluding hydrogens is 593 g/mol. The van der Waals surface area contributed by atoms with Gasteiger partial charge in [0, 0.05) is 5.56 Å². The summed E-state index contributed by atoms with van der Waals surface area (Å²) in [6, 6.07) is 39.4. The number of benzene rings is 5. The standard InChI is InChI=1S/C39H34N2O4S/c1-27-13-18-32(19-14-27)40-39-41(33-20-15-28(2)16-21-33)38(42)37(46-39)24-31-11-7-8-12-34(31)44-26-30-17-22-35(36(23-30)43-3)45-25-29-9-5-4-6-10-29/h4-24H,25-26H2,1-3H3/b37-24+,40-39?. The van der Waals surface area contributed by atoms with Gasteiger partial charge < -0.3 is 14.2 Å². The highest BCUT2D eigenvalue weighted by molar-refractivity contribution is 8.19. The number of amidine groups is 1. The molecule has 6 rings (SSSR count). The van der Waals surface area contributed by atoms with Crippen LogP contribution in [-0.2, 0) is 18.0 Å². The molecule has 5 aromatic rings. The molecule has 1 saturated heterocycles. The van der Waals surface area contributed by atoms with Crippen LogP contribution >= 0.6 is 11.8 Å². The van der Waals surface area contributed by atoms with Gasteiger partial charge in [0.15, 0.2) is 16.7 Å². The number of rotatable bonds is 10. The molecule has 1 heterocycles. The van der Waals surface area contributed by atoms with E-state index in [1.54, 1.807) is 12.0 Å². The van der Waals surface area contributed by atoms with E-state index in [0.717, 1.165) is 39.2 Å². The molecule has 0 spiro atoms. The Kier molecular flexibility index (Phi) is 9.51. The number of thioether (sulfide) groups is 1. The second-order valence-electron chi connectivity index (χ2n) is 10.9. The summed E-state index contributed by atoms with van der Waals surface area (Å²) >= 11 is 1.35. The number of hydrogen-bond donors (Lipinski definition) is 0. The third-order valence-corrected chi connectivity index (χ3v) is 8.39. The molecule has 230 valence electrons. The zero-order valence-electron chi connectivity index (χ0n) is 26.0. The van der Waals surface area contributed by atoms with Gasteiger partial charge in [-0.25, -0.2) is 4.99 Å². The predicted octanol–water partition coefficient (Wildman–Crippen LogP) is 9.28. The maximum atomic E-state index is 13.9. The number of carbonyl (C=O) groups excluding carboxylic acids is 1. The molecule has 0 aromatic heterocycles. The topological polar surface area (TPSA) is 60.4 Å². The molecule has 1 fully saturated rings. The third kappa shape index (κ3) is 7.33. The van der Waals surface area contributed by atoms with Gasteiger partial charge >= 0.3 is 0 Å². The summed E-state index contributed by atoms with van der Waals surface area (Å²) in [6.45, 7) is 4.83. The van der Waals surface area contributed by atoms with Gasteiger partial charge in [0.2, 0.25) is 0 Å². The number of aryl methyl sites for hydroxylation is 2. The smallest absolute Gasteiger partial charge is 0.271 e. The van der Waals surface area contributed by atoms with E-state index < -0.39 is 0 Å². The fourth-order valence-corrected chi connectivity index (χ4v) is 5.88. The van der Waals surface area contributed by atoms with Gasteiger partial charge in [0.1, 0.15) is 19.0 Å². The van der Waals surface area contributed by atoms with Crippen molar-refractivity contribution in [2.75, 3.05) is 12.0 Å². The summed E-state index contributed by atoms with van der Waals surface area (Å²) in [5.74, 6) is 1.83. The first-order chi connectivity index (χ1) is 22.5. The predicted molar refractivity (Wildman–Crippen MR) is 187 cm³/mol. The second kappa shape index (κ2) is 14.2. The second-order valence-corrected chi connectivity index (χ2v) is 11.9. The van der Waals surface area contributed by atoms with Crippen molar-refractivity contribution in [2.24, 2.45) is 4.99 Å². The Morgan fingerprint density at radius 2 is 1.35 bits per heavy atom. The molecule has 0 saturated carbocycles. The maximum Gasteiger partial charge on any atom is 0.271 e. The first-order valence-corrected chi connectivity index (χ1v) is 15.8. The Balaban J connectivity index is 1.22. The molecule has 46 heavy (non-hydrogen) atoms. The number of methoxy groups -OCH3 is 1. The van der Waals surface area contributed by atoms with Crippen molar-refractivity contribution in [3.05, 3.63) is 154 Å². The first-order valence-electron chi connectivity index (χ1n) is 15.0. The fraction of sp³-hybridized carbons (Fsp3) is 0.128. The van der Waals surface area contributed by atoms with Crippen molar-refractivity contribution >= 4 is 40.3 Å². The van der Waals surface area contributed by atoms with Gasteiger partial charge in [-0.2, -0.15) is 0 Å². The highest BCUT2D eigenvalue weighted by atomic mass is 32.2. The van der Waals surface area contributed by atoms with Crippen LogP contribution in [0.15, 0.2) is 131 Å². The number of para-hydroxylation sites is 1. The lowest BCUT2D eigenvalue weighted by Gasteiger charge is -2.16. The molecule has 0 unspecified atom stereocenters. The summed E-state index contributed by atoms with van der Waals surface area (Å²) in [5.41, 5.74) is 6.63. The van der Waals surface area contributed by atoms with Crippen LogP contribution < -0.4 is 19.1 Å². The summed E-state index contributed by atoms with van der Waals surface area (Å²) in [5, 5.41) is 0.601. The van der Waals surface area contributed by atoms with Gasteiger partial charge in [-0.05, 0) is 85.3 Å². The quantitative estimate of drug-likeness (QED) is 0.145. The van der Waals surface area contributed by atoms with Crippen LogP contribution in [0.5, 0.6) is 17.2 Å². The van der Waals surface area contributed by atoms with Gasteiger partial charge in [-0.15, -0.1) is 0 Å². The number of nitrogens with zero attached hydrogens (tertiary/aromatic N) is 2. The summed E-state index contributed by atoms with van der Waals surface area (Å²) in [4.78, 5) is 21.0. The lowest BCUT2D eigenvalue weighted by atomic mass is 10.1. The van der Waals surface area contributed by atoms with Crippen LogP contribution in [0.1, 0.15) is 27.8 Å². The molecule has 6 nitrogen and oxygen atoms in total. The van der Waals surface area contributed by atoms with E-state index >= 15 is 0 Å². The zero-order chi connectivity index (χ0) is 31.9. The minimum absolute atomic E-state index is 0.134. The average molecular weight is 627 g/mol. The highest BCUT2D eigenvalue weighted by Crippen LogP contribution is 2.38. The Morgan fingerprint density at radius 1 is 0.696 bits per heavy atom. The third-order valence-electron chi connectivity index (χ3n) is 7.42. The molecule has 7 heteroatoms. The number of amides is 1. The Hall–Kier alpha value is -5.27. The fourth-order valence-electron chi connectivity index (χ4n) is 4.89. The monoisotopic (exact) mass is 626 g/mol. The van der Waals surface area contributed by atoms with Crippen molar-refractivity contribution in [1.82, 2.24) is 0 Å². The number of anilines is 1. The van der Waals surface area contributed by atoms with Crippen molar-refractivity contribution in [3.8, 4) is 17.2 Å². The molecular formula is C39H34N2O4S.